The number of likely N-dealkylation sites (tertiary alicyclic amines) is 1. The van der Waals surface area contributed by atoms with E-state index in [4.69, 9.17) is 22.3 Å². The second-order valence-electron chi connectivity index (χ2n) is 8.21. The van der Waals surface area contributed by atoms with Gasteiger partial charge in [0.1, 0.15) is 11.6 Å². The fraction of sp³-hybridized carbons (Fsp3) is 0.292. The van der Waals surface area contributed by atoms with Crippen molar-refractivity contribution in [2.75, 3.05) is 37.2 Å². The Kier molecular flexibility index (Phi) is 6.11. The first-order valence-corrected chi connectivity index (χ1v) is 11.5. The summed E-state index contributed by atoms with van der Waals surface area (Å²) in [6.07, 6.45) is 3.81. The number of rotatable bonds is 6. The highest BCUT2D eigenvalue weighted by atomic mass is 35.5. The molecule has 2 aromatic heterocycles. The van der Waals surface area contributed by atoms with Crippen LogP contribution in [-0.4, -0.2) is 50.8 Å². The van der Waals surface area contributed by atoms with Crippen LogP contribution in [0.1, 0.15) is 19.3 Å². The number of benzene rings is 2. The second kappa shape index (κ2) is 9.33. The fourth-order valence-corrected chi connectivity index (χ4v) is 4.41. The molecule has 9 heteroatoms. The van der Waals surface area contributed by atoms with Crippen LogP contribution in [0.3, 0.4) is 0 Å². The van der Waals surface area contributed by atoms with Crippen LogP contribution >= 0.6 is 11.6 Å². The van der Waals surface area contributed by atoms with Gasteiger partial charge in [0.25, 0.3) is 0 Å². The van der Waals surface area contributed by atoms with E-state index in [2.05, 4.69) is 20.3 Å². The number of hydrogen-bond donors (Lipinski definition) is 2. The zero-order chi connectivity index (χ0) is 22.8. The number of nitrogens with two attached hydrogens (primary N) is 1. The lowest BCUT2D eigenvalue weighted by atomic mass is 10.1. The van der Waals surface area contributed by atoms with E-state index in [-0.39, 0.29) is 5.82 Å². The van der Waals surface area contributed by atoms with E-state index < -0.39 is 0 Å². The van der Waals surface area contributed by atoms with E-state index in [0.717, 1.165) is 31.7 Å². The Morgan fingerprint density at radius 2 is 1.82 bits per heavy atom. The standard InChI is InChI=1S/C24H25ClFN7/c25-17-6-4-5-16(15-17)21-20-22(27)33(19-9-7-18(26)8-10-19)31-23(20)30-24(29-21)28-11-14-32-12-2-1-3-13-32/h4-10,15H,1-3,11-14,27H2,(H,28,30,31). The Bertz CT molecular complexity index is 1270. The van der Waals surface area contributed by atoms with Crippen LogP contribution in [0.15, 0.2) is 48.5 Å². The Hall–Kier alpha value is -3.23. The van der Waals surface area contributed by atoms with Gasteiger partial charge in [0.05, 0.1) is 16.8 Å². The van der Waals surface area contributed by atoms with Crippen LogP contribution in [0.25, 0.3) is 28.0 Å². The van der Waals surface area contributed by atoms with E-state index >= 15 is 0 Å². The van der Waals surface area contributed by atoms with Gasteiger partial charge in [-0.25, -0.2) is 14.1 Å². The number of nitrogen functional groups attached to an aromatic ring is 1. The lowest BCUT2D eigenvalue weighted by Crippen LogP contribution is -2.33. The van der Waals surface area contributed by atoms with Crippen molar-refractivity contribution < 1.29 is 4.39 Å². The molecule has 1 saturated heterocycles. The summed E-state index contributed by atoms with van der Waals surface area (Å²) in [5, 5.41) is 9.19. The molecule has 1 aliphatic heterocycles. The van der Waals surface area contributed by atoms with Crippen LogP contribution in [0, 0.1) is 5.82 Å². The van der Waals surface area contributed by atoms with Gasteiger partial charge in [-0.05, 0) is 62.3 Å². The van der Waals surface area contributed by atoms with Gasteiger partial charge in [-0.15, -0.1) is 5.10 Å². The Morgan fingerprint density at radius 3 is 2.58 bits per heavy atom. The SMILES string of the molecule is Nc1c2c(-c3cccc(Cl)c3)nc(NCCN3CCCCC3)nc2nn1-c1ccc(F)cc1. The maximum atomic E-state index is 13.4. The number of fused-ring (bicyclic) bond motifs is 1. The number of nitrogens with zero attached hydrogens (tertiary/aromatic N) is 5. The largest absolute Gasteiger partial charge is 0.383 e. The number of anilines is 2. The van der Waals surface area contributed by atoms with Crippen molar-refractivity contribution in [2.24, 2.45) is 0 Å². The molecule has 170 valence electrons. The first-order chi connectivity index (χ1) is 16.1. The predicted octanol–water partition coefficient (Wildman–Crippen LogP) is 4.76. The molecule has 4 aromatic rings. The number of halogens is 2. The third-order valence-corrected chi connectivity index (χ3v) is 6.13. The maximum Gasteiger partial charge on any atom is 0.225 e. The zero-order valence-corrected chi connectivity index (χ0v) is 18.9. The smallest absolute Gasteiger partial charge is 0.225 e. The van der Waals surface area contributed by atoms with E-state index in [1.54, 1.807) is 16.8 Å². The van der Waals surface area contributed by atoms with Gasteiger partial charge in [0.15, 0.2) is 5.65 Å². The van der Waals surface area contributed by atoms with Crippen LogP contribution < -0.4 is 11.1 Å². The Morgan fingerprint density at radius 1 is 1.03 bits per heavy atom. The second-order valence-corrected chi connectivity index (χ2v) is 8.64. The molecule has 0 unspecified atom stereocenters. The highest BCUT2D eigenvalue weighted by molar-refractivity contribution is 6.30. The molecule has 0 saturated carbocycles. The highest BCUT2D eigenvalue weighted by Gasteiger charge is 2.19. The van der Waals surface area contributed by atoms with Gasteiger partial charge < -0.3 is 16.0 Å². The minimum absolute atomic E-state index is 0.325. The van der Waals surface area contributed by atoms with Crippen molar-refractivity contribution >= 4 is 34.4 Å². The summed E-state index contributed by atoms with van der Waals surface area (Å²) in [6.45, 7) is 3.93. The van der Waals surface area contributed by atoms with E-state index in [0.29, 0.717) is 39.2 Å². The number of nitrogens with one attached hydrogen (secondary N) is 1. The molecule has 5 rings (SSSR count). The minimum Gasteiger partial charge on any atom is -0.383 e. The average Bonchev–Trinajstić information content (AvgIpc) is 3.16. The zero-order valence-electron chi connectivity index (χ0n) is 18.1. The van der Waals surface area contributed by atoms with E-state index in [1.165, 1.54) is 31.4 Å². The van der Waals surface area contributed by atoms with Gasteiger partial charge in [-0.1, -0.05) is 30.2 Å². The van der Waals surface area contributed by atoms with Crippen molar-refractivity contribution in [2.45, 2.75) is 19.3 Å². The van der Waals surface area contributed by atoms with Crippen LogP contribution in [0.2, 0.25) is 5.02 Å². The Labute approximate surface area is 196 Å². The van der Waals surface area contributed by atoms with Crippen LogP contribution in [0.4, 0.5) is 16.2 Å². The number of piperidine rings is 1. The molecule has 2 aromatic carbocycles. The molecule has 1 aliphatic rings. The molecule has 3 N–H and O–H groups in total. The lowest BCUT2D eigenvalue weighted by molar-refractivity contribution is 0.237. The summed E-state index contributed by atoms with van der Waals surface area (Å²) in [5.74, 6) is 0.540. The van der Waals surface area contributed by atoms with Gasteiger partial charge >= 0.3 is 0 Å². The summed E-state index contributed by atoms with van der Waals surface area (Å²) in [7, 11) is 0. The normalized spacial score (nSPS) is 14.6. The predicted molar refractivity (Wildman–Crippen MR) is 130 cm³/mol. The highest BCUT2D eigenvalue weighted by Crippen LogP contribution is 2.33. The molecule has 3 heterocycles. The van der Waals surface area contributed by atoms with Crippen molar-refractivity contribution in [3.8, 4) is 16.9 Å². The first-order valence-electron chi connectivity index (χ1n) is 11.1. The molecule has 0 bridgehead atoms. The molecule has 0 amide bonds. The van der Waals surface area contributed by atoms with Crippen molar-refractivity contribution in [3.63, 3.8) is 0 Å². The molecule has 0 radical (unpaired) electrons. The monoisotopic (exact) mass is 465 g/mol. The topological polar surface area (TPSA) is 84.9 Å². The first kappa shape index (κ1) is 21.6. The molecule has 0 atom stereocenters. The lowest BCUT2D eigenvalue weighted by Gasteiger charge is -2.26. The number of hydrogen-bond acceptors (Lipinski definition) is 6. The summed E-state index contributed by atoms with van der Waals surface area (Å²) in [4.78, 5) is 11.9. The molecule has 7 nitrogen and oxygen atoms in total. The molecule has 1 fully saturated rings. The molecule has 0 spiro atoms. The summed E-state index contributed by atoms with van der Waals surface area (Å²) < 4.78 is 15.0. The molecular weight excluding hydrogens is 441 g/mol. The van der Waals surface area contributed by atoms with Crippen molar-refractivity contribution in [3.05, 3.63) is 59.4 Å². The van der Waals surface area contributed by atoms with Crippen LogP contribution in [0.5, 0.6) is 0 Å². The van der Waals surface area contributed by atoms with Crippen LogP contribution in [-0.2, 0) is 0 Å². The molecule has 0 aliphatic carbocycles. The minimum atomic E-state index is -0.325. The van der Waals surface area contributed by atoms with Gasteiger partial charge in [-0.3, -0.25) is 0 Å². The third kappa shape index (κ3) is 4.62. The molecule has 33 heavy (non-hydrogen) atoms. The summed E-state index contributed by atoms with van der Waals surface area (Å²) in [5.41, 5.74) is 9.07. The third-order valence-electron chi connectivity index (χ3n) is 5.90. The van der Waals surface area contributed by atoms with E-state index in [9.17, 15) is 4.39 Å². The van der Waals surface area contributed by atoms with Gasteiger partial charge in [-0.2, -0.15) is 4.98 Å². The van der Waals surface area contributed by atoms with Gasteiger partial charge in [0, 0.05) is 23.7 Å². The van der Waals surface area contributed by atoms with Crippen molar-refractivity contribution in [1.82, 2.24) is 24.6 Å². The number of aromatic nitrogens is 4. The molecular formula is C24H25ClFN7. The summed E-state index contributed by atoms with van der Waals surface area (Å²) in [6, 6.07) is 13.5. The quantitative estimate of drug-likeness (QED) is 0.427. The maximum absolute atomic E-state index is 13.4. The van der Waals surface area contributed by atoms with Crippen molar-refractivity contribution in [1.29, 1.82) is 0 Å². The van der Waals surface area contributed by atoms with E-state index in [1.807, 2.05) is 24.3 Å². The fourth-order valence-electron chi connectivity index (χ4n) is 4.22. The van der Waals surface area contributed by atoms with Gasteiger partial charge in [0.2, 0.25) is 5.95 Å². The average molecular weight is 466 g/mol. The Balaban J connectivity index is 1.54. The summed E-state index contributed by atoms with van der Waals surface area (Å²) >= 11 is 6.26.